The Labute approximate surface area is 148 Å². The van der Waals surface area contributed by atoms with E-state index in [1.165, 1.54) is 25.7 Å². The van der Waals surface area contributed by atoms with Gasteiger partial charge in [0, 0.05) is 31.3 Å². The highest BCUT2D eigenvalue weighted by atomic mass is 32.2. The molecule has 0 radical (unpaired) electrons. The monoisotopic (exact) mass is 352 g/mol. The average Bonchev–Trinajstić information content (AvgIpc) is 3.33. The molecule has 3 rings (SSSR count). The molecular formula is C17H28N4O2S. The van der Waals surface area contributed by atoms with Crippen LogP contribution in [0.4, 0.5) is 5.95 Å². The van der Waals surface area contributed by atoms with Gasteiger partial charge in [0.2, 0.25) is 5.95 Å². The second-order valence-corrected chi connectivity index (χ2v) is 7.87. The molecule has 0 N–H and O–H groups in total. The van der Waals surface area contributed by atoms with Crippen molar-refractivity contribution >= 4 is 23.7 Å². The van der Waals surface area contributed by atoms with Gasteiger partial charge >= 0.3 is 5.97 Å². The van der Waals surface area contributed by atoms with Crippen LogP contribution in [0, 0.1) is 5.92 Å². The smallest absolute Gasteiger partial charge is 0.305 e. The van der Waals surface area contributed by atoms with Gasteiger partial charge in [0.05, 0.1) is 6.61 Å². The van der Waals surface area contributed by atoms with Crippen LogP contribution in [-0.4, -0.2) is 46.2 Å². The molecule has 6 nitrogen and oxygen atoms in total. The van der Waals surface area contributed by atoms with E-state index in [1.807, 2.05) is 6.92 Å². The summed E-state index contributed by atoms with van der Waals surface area (Å²) in [5.74, 6) is 2.64. The summed E-state index contributed by atoms with van der Waals surface area (Å²) < 4.78 is 7.31. The summed E-state index contributed by atoms with van der Waals surface area (Å²) in [4.78, 5) is 13.8. The molecule has 1 aliphatic heterocycles. The number of rotatable bonds is 8. The number of aromatic nitrogens is 3. The van der Waals surface area contributed by atoms with E-state index < -0.39 is 0 Å². The van der Waals surface area contributed by atoms with Crippen molar-refractivity contribution < 1.29 is 9.53 Å². The number of anilines is 1. The maximum atomic E-state index is 11.4. The van der Waals surface area contributed by atoms with Crippen LogP contribution >= 0.6 is 11.8 Å². The predicted molar refractivity (Wildman–Crippen MR) is 95.5 cm³/mol. The maximum absolute atomic E-state index is 11.4. The van der Waals surface area contributed by atoms with Crippen LogP contribution in [-0.2, 0) is 9.53 Å². The SMILES string of the molecule is CCOC(=O)CCCSc1nnc(N2CCC(C)CC2)n1C1CC1. The Hall–Kier alpha value is -1.24. The van der Waals surface area contributed by atoms with Gasteiger partial charge < -0.3 is 9.64 Å². The molecule has 1 saturated heterocycles. The number of carbonyl (C=O) groups excluding carboxylic acids is 1. The molecule has 0 bridgehead atoms. The molecule has 7 heteroatoms. The molecule has 24 heavy (non-hydrogen) atoms. The Bertz CT molecular complexity index is 551. The standard InChI is InChI=1S/C17H28N4O2S/c1-3-23-15(22)5-4-12-24-17-19-18-16(21(17)14-6-7-14)20-10-8-13(2)9-11-20/h13-14H,3-12H2,1-2H3. The van der Waals surface area contributed by atoms with Crippen molar-refractivity contribution in [1.82, 2.24) is 14.8 Å². The molecule has 1 aromatic heterocycles. The second kappa shape index (κ2) is 8.23. The Morgan fingerprint density at radius 3 is 2.67 bits per heavy atom. The Morgan fingerprint density at radius 2 is 2.00 bits per heavy atom. The Kier molecular flexibility index (Phi) is 6.03. The van der Waals surface area contributed by atoms with Crippen LogP contribution in [0.25, 0.3) is 0 Å². The molecule has 2 heterocycles. The highest BCUT2D eigenvalue weighted by Crippen LogP contribution is 2.41. The fraction of sp³-hybridized carbons (Fsp3) is 0.824. The quantitative estimate of drug-likeness (QED) is 0.406. The summed E-state index contributed by atoms with van der Waals surface area (Å²) in [7, 11) is 0. The van der Waals surface area contributed by atoms with E-state index in [1.54, 1.807) is 11.8 Å². The zero-order chi connectivity index (χ0) is 16.9. The van der Waals surface area contributed by atoms with Crippen LogP contribution in [0.5, 0.6) is 0 Å². The third-order valence-corrected chi connectivity index (χ3v) is 5.72. The lowest BCUT2D eigenvalue weighted by Crippen LogP contribution is -2.34. The number of nitrogens with zero attached hydrogens (tertiary/aromatic N) is 4. The van der Waals surface area contributed by atoms with Crippen LogP contribution in [0.2, 0.25) is 0 Å². The van der Waals surface area contributed by atoms with Crippen molar-refractivity contribution in [1.29, 1.82) is 0 Å². The van der Waals surface area contributed by atoms with Gasteiger partial charge in [-0.25, -0.2) is 0 Å². The van der Waals surface area contributed by atoms with Gasteiger partial charge in [-0.05, 0) is 44.9 Å². The van der Waals surface area contributed by atoms with E-state index in [9.17, 15) is 4.79 Å². The fourth-order valence-corrected chi connectivity index (χ4v) is 4.00. The minimum absolute atomic E-state index is 0.107. The van der Waals surface area contributed by atoms with Gasteiger partial charge in [-0.15, -0.1) is 10.2 Å². The lowest BCUT2D eigenvalue weighted by molar-refractivity contribution is -0.143. The summed E-state index contributed by atoms with van der Waals surface area (Å²) in [6.07, 6.45) is 6.23. The average molecular weight is 353 g/mol. The van der Waals surface area contributed by atoms with E-state index in [0.29, 0.717) is 19.1 Å². The summed E-state index contributed by atoms with van der Waals surface area (Å²) in [5.41, 5.74) is 0. The predicted octanol–water partition coefficient (Wildman–Crippen LogP) is 3.28. The number of ether oxygens (including phenoxy) is 1. The second-order valence-electron chi connectivity index (χ2n) is 6.81. The first kappa shape index (κ1) is 17.6. The van der Waals surface area contributed by atoms with E-state index in [0.717, 1.165) is 42.3 Å². The van der Waals surface area contributed by atoms with E-state index in [4.69, 9.17) is 4.74 Å². The third kappa shape index (κ3) is 4.43. The van der Waals surface area contributed by atoms with Crippen molar-refractivity contribution in [2.24, 2.45) is 5.92 Å². The molecule has 0 spiro atoms. The number of thioether (sulfide) groups is 1. The van der Waals surface area contributed by atoms with Crippen molar-refractivity contribution in [3.8, 4) is 0 Å². The zero-order valence-corrected chi connectivity index (χ0v) is 15.6. The maximum Gasteiger partial charge on any atom is 0.305 e. The van der Waals surface area contributed by atoms with Gasteiger partial charge in [-0.3, -0.25) is 9.36 Å². The number of hydrogen-bond donors (Lipinski definition) is 0. The molecule has 1 saturated carbocycles. The lowest BCUT2D eigenvalue weighted by atomic mass is 10.00. The van der Waals surface area contributed by atoms with Crippen molar-refractivity contribution in [2.75, 3.05) is 30.3 Å². The van der Waals surface area contributed by atoms with Crippen LogP contribution < -0.4 is 4.90 Å². The molecule has 2 aliphatic rings. The molecule has 1 aromatic rings. The molecule has 2 fully saturated rings. The minimum atomic E-state index is -0.107. The number of piperidine rings is 1. The molecule has 0 amide bonds. The summed E-state index contributed by atoms with van der Waals surface area (Å²) in [5, 5.41) is 9.95. The zero-order valence-electron chi connectivity index (χ0n) is 14.7. The highest BCUT2D eigenvalue weighted by molar-refractivity contribution is 7.99. The first-order valence-electron chi connectivity index (χ1n) is 9.17. The van der Waals surface area contributed by atoms with Gasteiger partial charge in [-0.1, -0.05) is 18.7 Å². The number of esters is 1. The largest absolute Gasteiger partial charge is 0.466 e. The highest BCUT2D eigenvalue weighted by Gasteiger charge is 2.32. The van der Waals surface area contributed by atoms with Crippen molar-refractivity contribution in [3.63, 3.8) is 0 Å². The Morgan fingerprint density at radius 1 is 1.25 bits per heavy atom. The summed E-state index contributed by atoms with van der Waals surface area (Å²) in [6, 6.07) is 0.571. The van der Waals surface area contributed by atoms with Gasteiger partial charge in [-0.2, -0.15) is 0 Å². The van der Waals surface area contributed by atoms with Gasteiger partial charge in [0.1, 0.15) is 0 Å². The summed E-state index contributed by atoms with van der Waals surface area (Å²) in [6.45, 7) is 6.79. The first-order valence-corrected chi connectivity index (χ1v) is 10.2. The van der Waals surface area contributed by atoms with Gasteiger partial charge in [0.15, 0.2) is 5.16 Å². The first-order chi connectivity index (χ1) is 11.7. The molecular weight excluding hydrogens is 324 g/mol. The van der Waals surface area contributed by atoms with Gasteiger partial charge in [0.25, 0.3) is 0 Å². The molecule has 0 unspecified atom stereocenters. The van der Waals surface area contributed by atoms with Crippen LogP contribution in [0.3, 0.4) is 0 Å². The number of carbonyl (C=O) groups is 1. The molecule has 1 aliphatic carbocycles. The Balaban J connectivity index is 1.57. The number of hydrogen-bond acceptors (Lipinski definition) is 6. The topological polar surface area (TPSA) is 60.2 Å². The minimum Gasteiger partial charge on any atom is -0.466 e. The van der Waals surface area contributed by atoms with Crippen LogP contribution in [0.1, 0.15) is 58.4 Å². The molecule has 0 atom stereocenters. The van der Waals surface area contributed by atoms with E-state index >= 15 is 0 Å². The fourth-order valence-electron chi connectivity index (χ4n) is 3.06. The van der Waals surface area contributed by atoms with E-state index in [-0.39, 0.29) is 5.97 Å². The third-order valence-electron chi connectivity index (χ3n) is 4.69. The summed E-state index contributed by atoms with van der Waals surface area (Å²) >= 11 is 1.72. The molecule has 0 aromatic carbocycles. The van der Waals surface area contributed by atoms with Crippen molar-refractivity contribution in [2.45, 2.75) is 63.6 Å². The van der Waals surface area contributed by atoms with Crippen LogP contribution in [0.15, 0.2) is 5.16 Å². The normalized spacial score (nSPS) is 18.8. The van der Waals surface area contributed by atoms with E-state index in [2.05, 4.69) is 26.6 Å². The van der Waals surface area contributed by atoms with Crippen molar-refractivity contribution in [3.05, 3.63) is 0 Å². The molecule has 134 valence electrons. The lowest BCUT2D eigenvalue weighted by Gasteiger charge is -2.31.